The van der Waals surface area contributed by atoms with E-state index in [4.69, 9.17) is 23.2 Å². The van der Waals surface area contributed by atoms with Gasteiger partial charge in [-0.25, -0.2) is 0 Å². The lowest BCUT2D eigenvalue weighted by Crippen LogP contribution is -2.07. The highest BCUT2D eigenvalue weighted by Crippen LogP contribution is 2.39. The van der Waals surface area contributed by atoms with E-state index in [1.807, 2.05) is 18.2 Å². The quantitative estimate of drug-likeness (QED) is 0.711. The zero-order chi connectivity index (χ0) is 13.4. The van der Waals surface area contributed by atoms with E-state index in [0.29, 0.717) is 10.0 Å². The first kappa shape index (κ1) is 13.3. The van der Waals surface area contributed by atoms with Crippen molar-refractivity contribution in [1.29, 1.82) is 0 Å². The van der Waals surface area contributed by atoms with E-state index in [9.17, 15) is 0 Å². The Kier molecular flexibility index (Phi) is 3.75. The van der Waals surface area contributed by atoms with Crippen LogP contribution in [0.25, 0.3) is 0 Å². The molecule has 4 heteroatoms. The molecule has 0 amide bonds. The Balaban J connectivity index is 1.91. The van der Waals surface area contributed by atoms with Crippen molar-refractivity contribution in [3.8, 4) is 0 Å². The summed E-state index contributed by atoms with van der Waals surface area (Å²) < 4.78 is 1.13. The minimum absolute atomic E-state index is 0.278. The normalized spacial score (nSPS) is 17.3. The minimum atomic E-state index is 0.278. The summed E-state index contributed by atoms with van der Waals surface area (Å²) in [5.74, 6) is 0. The third-order valence-electron chi connectivity index (χ3n) is 3.46. The maximum Gasteiger partial charge on any atom is 0.0723 e. The van der Waals surface area contributed by atoms with Gasteiger partial charge < -0.3 is 5.32 Å². The molecule has 2 aromatic rings. The predicted molar refractivity (Wildman–Crippen MR) is 85.3 cm³/mol. The lowest BCUT2D eigenvalue weighted by molar-refractivity contribution is 0.762. The van der Waals surface area contributed by atoms with Crippen LogP contribution in [0.4, 0.5) is 5.69 Å². The van der Waals surface area contributed by atoms with Crippen LogP contribution in [0.2, 0.25) is 10.0 Å². The van der Waals surface area contributed by atoms with Gasteiger partial charge in [-0.2, -0.15) is 0 Å². The third-order valence-corrected chi connectivity index (χ3v) is 4.59. The molecule has 1 atom stereocenters. The molecule has 0 radical (unpaired) electrons. The van der Waals surface area contributed by atoms with Crippen LogP contribution >= 0.6 is 39.1 Å². The molecule has 1 N–H and O–H groups in total. The fourth-order valence-corrected chi connectivity index (χ4v) is 3.46. The van der Waals surface area contributed by atoms with Crippen molar-refractivity contribution in [3.05, 3.63) is 62.0 Å². The fourth-order valence-electron chi connectivity index (χ4n) is 2.55. The van der Waals surface area contributed by atoms with E-state index in [1.165, 1.54) is 11.1 Å². The van der Waals surface area contributed by atoms with E-state index < -0.39 is 0 Å². The van der Waals surface area contributed by atoms with Crippen molar-refractivity contribution >= 4 is 44.8 Å². The largest absolute Gasteiger partial charge is 0.376 e. The Morgan fingerprint density at radius 2 is 1.84 bits per heavy atom. The monoisotopic (exact) mass is 355 g/mol. The molecular weight excluding hydrogens is 345 g/mol. The number of hydrogen-bond acceptors (Lipinski definition) is 1. The molecule has 0 aromatic heterocycles. The lowest BCUT2D eigenvalue weighted by Gasteiger charge is -2.17. The minimum Gasteiger partial charge on any atom is -0.376 e. The van der Waals surface area contributed by atoms with Crippen LogP contribution in [0, 0.1) is 0 Å². The van der Waals surface area contributed by atoms with Crippen LogP contribution in [-0.2, 0) is 6.42 Å². The van der Waals surface area contributed by atoms with Crippen LogP contribution in [0.3, 0.4) is 0 Å². The third kappa shape index (κ3) is 2.62. The second-order valence-corrected chi connectivity index (χ2v) is 6.41. The first-order valence-corrected chi connectivity index (χ1v) is 7.69. The van der Waals surface area contributed by atoms with Gasteiger partial charge in [0.15, 0.2) is 0 Å². The molecule has 0 heterocycles. The molecule has 0 bridgehead atoms. The van der Waals surface area contributed by atoms with Gasteiger partial charge in [-0.3, -0.25) is 0 Å². The van der Waals surface area contributed by atoms with Crippen LogP contribution < -0.4 is 5.32 Å². The standard InChI is InChI=1S/C15H12BrCl2N/c16-10-5-6-11-9(8-10)4-7-14(11)19-15-12(17)2-1-3-13(15)18/h1-3,5-6,8,14,19H,4,7H2. The molecule has 19 heavy (non-hydrogen) atoms. The van der Waals surface area contributed by atoms with Gasteiger partial charge in [-0.1, -0.05) is 51.3 Å². The molecule has 2 aromatic carbocycles. The maximum absolute atomic E-state index is 6.21. The van der Waals surface area contributed by atoms with Gasteiger partial charge in [-0.15, -0.1) is 0 Å². The molecule has 1 aliphatic rings. The van der Waals surface area contributed by atoms with E-state index >= 15 is 0 Å². The smallest absolute Gasteiger partial charge is 0.0723 e. The summed E-state index contributed by atoms with van der Waals surface area (Å²) in [4.78, 5) is 0. The molecule has 98 valence electrons. The summed E-state index contributed by atoms with van der Waals surface area (Å²) >= 11 is 15.9. The number of rotatable bonds is 2. The maximum atomic E-state index is 6.21. The highest BCUT2D eigenvalue weighted by atomic mass is 79.9. The molecule has 1 unspecified atom stereocenters. The Morgan fingerprint density at radius 1 is 1.11 bits per heavy atom. The number of benzene rings is 2. The predicted octanol–water partition coefficient (Wildman–Crippen LogP) is 5.86. The summed E-state index contributed by atoms with van der Waals surface area (Å²) in [7, 11) is 0. The van der Waals surface area contributed by atoms with Gasteiger partial charge >= 0.3 is 0 Å². The van der Waals surface area contributed by atoms with E-state index in [2.05, 4.69) is 39.4 Å². The topological polar surface area (TPSA) is 12.0 Å². The summed E-state index contributed by atoms with van der Waals surface area (Å²) in [6, 6.07) is 12.3. The van der Waals surface area contributed by atoms with Crippen molar-refractivity contribution in [3.63, 3.8) is 0 Å². The molecule has 1 aliphatic carbocycles. The number of nitrogens with one attached hydrogen (secondary N) is 1. The van der Waals surface area contributed by atoms with Crippen LogP contribution in [0.1, 0.15) is 23.6 Å². The number of fused-ring (bicyclic) bond motifs is 1. The summed E-state index contributed by atoms with van der Waals surface area (Å²) in [6.07, 6.45) is 2.14. The van der Waals surface area contributed by atoms with E-state index in [-0.39, 0.29) is 6.04 Å². The molecule has 0 spiro atoms. The lowest BCUT2D eigenvalue weighted by atomic mass is 10.1. The van der Waals surface area contributed by atoms with Gasteiger partial charge in [0.1, 0.15) is 0 Å². The summed E-state index contributed by atoms with van der Waals surface area (Å²) in [5.41, 5.74) is 3.54. The summed E-state index contributed by atoms with van der Waals surface area (Å²) in [5, 5.41) is 4.80. The Labute approximate surface area is 131 Å². The molecular formula is C15H12BrCl2N. The first-order valence-electron chi connectivity index (χ1n) is 6.14. The number of hydrogen-bond donors (Lipinski definition) is 1. The van der Waals surface area contributed by atoms with Crippen molar-refractivity contribution in [1.82, 2.24) is 0 Å². The van der Waals surface area contributed by atoms with Crippen LogP contribution in [0.5, 0.6) is 0 Å². The highest BCUT2D eigenvalue weighted by Gasteiger charge is 2.23. The average Bonchev–Trinajstić information content (AvgIpc) is 2.76. The van der Waals surface area contributed by atoms with Crippen molar-refractivity contribution in [2.45, 2.75) is 18.9 Å². The number of anilines is 1. The molecule has 1 nitrogen and oxygen atoms in total. The van der Waals surface area contributed by atoms with Crippen LogP contribution in [0.15, 0.2) is 40.9 Å². The Bertz CT molecular complexity index is 607. The molecule has 0 saturated heterocycles. The van der Waals surface area contributed by atoms with Crippen molar-refractivity contribution < 1.29 is 0 Å². The highest BCUT2D eigenvalue weighted by molar-refractivity contribution is 9.10. The second kappa shape index (κ2) is 5.35. The van der Waals surface area contributed by atoms with Gasteiger partial charge in [0.05, 0.1) is 21.8 Å². The first-order chi connectivity index (χ1) is 9.15. The molecule has 0 fully saturated rings. The Morgan fingerprint density at radius 3 is 2.58 bits per heavy atom. The Hall–Kier alpha value is -0.700. The van der Waals surface area contributed by atoms with Gasteiger partial charge in [0, 0.05) is 4.47 Å². The average molecular weight is 357 g/mol. The van der Waals surface area contributed by atoms with Crippen molar-refractivity contribution in [2.24, 2.45) is 0 Å². The van der Waals surface area contributed by atoms with Gasteiger partial charge in [0.25, 0.3) is 0 Å². The van der Waals surface area contributed by atoms with Crippen molar-refractivity contribution in [2.75, 3.05) is 5.32 Å². The number of para-hydroxylation sites is 1. The second-order valence-electron chi connectivity index (χ2n) is 4.68. The number of aryl methyl sites for hydroxylation is 1. The number of halogens is 3. The molecule has 0 aliphatic heterocycles. The SMILES string of the molecule is Clc1cccc(Cl)c1NC1CCc2cc(Br)ccc21. The van der Waals surface area contributed by atoms with Crippen LogP contribution in [-0.4, -0.2) is 0 Å². The summed E-state index contributed by atoms with van der Waals surface area (Å²) in [6.45, 7) is 0. The van der Waals surface area contributed by atoms with Gasteiger partial charge in [-0.05, 0) is 48.2 Å². The van der Waals surface area contributed by atoms with E-state index in [0.717, 1.165) is 23.0 Å². The zero-order valence-corrected chi connectivity index (χ0v) is 13.2. The molecule has 0 saturated carbocycles. The molecule has 3 rings (SSSR count). The fraction of sp³-hybridized carbons (Fsp3) is 0.200. The van der Waals surface area contributed by atoms with Gasteiger partial charge in [0.2, 0.25) is 0 Å². The van der Waals surface area contributed by atoms with E-state index in [1.54, 1.807) is 0 Å². The zero-order valence-electron chi connectivity index (χ0n) is 10.1.